The van der Waals surface area contributed by atoms with Gasteiger partial charge >= 0.3 is 0 Å². The maximum absolute atomic E-state index is 12.3. The van der Waals surface area contributed by atoms with Crippen molar-refractivity contribution >= 4 is 23.2 Å². The molecule has 21 heavy (non-hydrogen) atoms. The van der Waals surface area contributed by atoms with Gasteiger partial charge in [0.1, 0.15) is 0 Å². The van der Waals surface area contributed by atoms with Crippen molar-refractivity contribution in [2.75, 3.05) is 11.9 Å². The van der Waals surface area contributed by atoms with Gasteiger partial charge in [-0.3, -0.25) is 9.78 Å². The Morgan fingerprint density at radius 3 is 2.90 bits per heavy atom. The number of rotatable bonds is 6. The first-order chi connectivity index (χ1) is 10.2. The van der Waals surface area contributed by atoms with Gasteiger partial charge < -0.3 is 10.6 Å². The predicted octanol–water partition coefficient (Wildman–Crippen LogP) is 3.49. The maximum atomic E-state index is 12.3. The average molecular weight is 304 g/mol. The minimum atomic E-state index is -0.153. The number of carbonyl (C=O) groups is 1. The number of hydrogen-bond donors (Lipinski definition) is 2. The third-order valence-electron chi connectivity index (χ3n) is 2.97. The van der Waals surface area contributed by atoms with E-state index in [1.165, 1.54) is 0 Å². The molecule has 2 rings (SSSR count). The first-order valence-corrected chi connectivity index (χ1v) is 7.29. The first kappa shape index (κ1) is 15.3. The van der Waals surface area contributed by atoms with Gasteiger partial charge in [-0.25, -0.2) is 0 Å². The van der Waals surface area contributed by atoms with Crippen LogP contribution in [0.5, 0.6) is 0 Å². The summed E-state index contributed by atoms with van der Waals surface area (Å²) in [5.74, 6) is -0.153. The molecule has 0 radical (unpaired) electrons. The molecule has 0 bridgehead atoms. The topological polar surface area (TPSA) is 54.0 Å². The number of carbonyl (C=O) groups excluding carboxylic acids is 1. The van der Waals surface area contributed by atoms with Gasteiger partial charge in [0, 0.05) is 36.2 Å². The van der Waals surface area contributed by atoms with Crippen molar-refractivity contribution in [1.82, 2.24) is 10.3 Å². The molecule has 2 aromatic rings. The van der Waals surface area contributed by atoms with E-state index in [9.17, 15) is 4.79 Å². The molecule has 4 nitrogen and oxygen atoms in total. The number of anilines is 1. The Balaban J connectivity index is 2.08. The summed E-state index contributed by atoms with van der Waals surface area (Å²) in [5.41, 5.74) is 2.31. The average Bonchev–Trinajstić information content (AvgIpc) is 2.52. The zero-order valence-electron chi connectivity index (χ0n) is 11.9. The zero-order chi connectivity index (χ0) is 15.1. The van der Waals surface area contributed by atoms with Crippen LogP contribution in [0.2, 0.25) is 5.02 Å². The molecule has 110 valence electrons. The van der Waals surface area contributed by atoms with Gasteiger partial charge in [-0.15, -0.1) is 0 Å². The van der Waals surface area contributed by atoms with Crippen LogP contribution in [0.4, 0.5) is 5.69 Å². The van der Waals surface area contributed by atoms with Gasteiger partial charge in [0.2, 0.25) is 0 Å². The van der Waals surface area contributed by atoms with Crippen LogP contribution < -0.4 is 10.6 Å². The number of nitrogens with one attached hydrogen (secondary N) is 2. The van der Waals surface area contributed by atoms with E-state index in [4.69, 9.17) is 11.6 Å². The fraction of sp³-hybridized carbons (Fsp3) is 0.250. The van der Waals surface area contributed by atoms with Crippen molar-refractivity contribution in [3.8, 4) is 0 Å². The van der Waals surface area contributed by atoms with Crippen LogP contribution in [0.15, 0.2) is 42.7 Å². The molecule has 1 aromatic carbocycles. The Hall–Kier alpha value is -2.07. The quantitative estimate of drug-likeness (QED) is 0.859. The summed E-state index contributed by atoms with van der Waals surface area (Å²) >= 11 is 5.99. The molecule has 0 saturated carbocycles. The number of amides is 1. The van der Waals surface area contributed by atoms with Gasteiger partial charge in [-0.1, -0.05) is 24.6 Å². The van der Waals surface area contributed by atoms with Crippen LogP contribution in [0, 0.1) is 0 Å². The van der Waals surface area contributed by atoms with Crippen LogP contribution in [0.1, 0.15) is 29.3 Å². The second-order valence-corrected chi connectivity index (χ2v) is 5.10. The van der Waals surface area contributed by atoms with Crippen LogP contribution in [-0.2, 0) is 6.54 Å². The molecule has 0 unspecified atom stereocenters. The zero-order valence-corrected chi connectivity index (χ0v) is 12.7. The summed E-state index contributed by atoms with van der Waals surface area (Å²) in [6.07, 6.45) is 4.42. The van der Waals surface area contributed by atoms with E-state index in [0.717, 1.165) is 24.2 Å². The highest BCUT2D eigenvalue weighted by atomic mass is 35.5. The SMILES string of the molecule is CCCNc1ccc(Cl)cc1C(=O)NCc1cccnc1. The highest BCUT2D eigenvalue weighted by Gasteiger charge is 2.11. The van der Waals surface area contributed by atoms with E-state index in [1.807, 2.05) is 18.2 Å². The molecular weight excluding hydrogens is 286 g/mol. The van der Waals surface area contributed by atoms with Crippen molar-refractivity contribution in [2.45, 2.75) is 19.9 Å². The molecule has 1 amide bonds. The minimum absolute atomic E-state index is 0.153. The summed E-state index contributed by atoms with van der Waals surface area (Å²) in [7, 11) is 0. The molecule has 0 aliphatic rings. The van der Waals surface area contributed by atoms with Crippen LogP contribution in [0.3, 0.4) is 0 Å². The van der Waals surface area contributed by atoms with Crippen LogP contribution in [0.25, 0.3) is 0 Å². The second kappa shape index (κ2) is 7.64. The molecule has 0 saturated heterocycles. The van der Waals surface area contributed by atoms with Crippen molar-refractivity contribution < 1.29 is 4.79 Å². The van der Waals surface area contributed by atoms with Crippen LogP contribution >= 0.6 is 11.6 Å². The fourth-order valence-corrected chi connectivity index (χ4v) is 2.07. The number of pyridine rings is 1. The molecular formula is C16H18ClN3O. The lowest BCUT2D eigenvalue weighted by Gasteiger charge is -2.12. The third-order valence-corrected chi connectivity index (χ3v) is 3.20. The van der Waals surface area contributed by atoms with Gasteiger partial charge in [-0.05, 0) is 36.2 Å². The van der Waals surface area contributed by atoms with E-state index >= 15 is 0 Å². The fourth-order valence-electron chi connectivity index (χ4n) is 1.90. The standard InChI is InChI=1S/C16H18ClN3O/c1-2-7-19-15-6-5-13(17)9-14(15)16(21)20-11-12-4-3-8-18-10-12/h3-6,8-10,19H,2,7,11H2,1H3,(H,20,21). The van der Waals surface area contributed by atoms with Crippen molar-refractivity contribution in [1.29, 1.82) is 0 Å². The number of aromatic nitrogens is 1. The molecule has 1 aromatic heterocycles. The summed E-state index contributed by atoms with van der Waals surface area (Å²) in [6.45, 7) is 3.32. The number of halogens is 1. The monoisotopic (exact) mass is 303 g/mol. The second-order valence-electron chi connectivity index (χ2n) is 4.66. The first-order valence-electron chi connectivity index (χ1n) is 6.91. The highest BCUT2D eigenvalue weighted by Crippen LogP contribution is 2.20. The van der Waals surface area contributed by atoms with E-state index in [2.05, 4.69) is 22.5 Å². The largest absolute Gasteiger partial charge is 0.384 e. The van der Waals surface area contributed by atoms with E-state index in [1.54, 1.807) is 24.5 Å². The Morgan fingerprint density at radius 1 is 1.33 bits per heavy atom. The van der Waals surface area contributed by atoms with Crippen molar-refractivity contribution in [3.63, 3.8) is 0 Å². The molecule has 0 fully saturated rings. The molecule has 0 aliphatic heterocycles. The highest BCUT2D eigenvalue weighted by molar-refractivity contribution is 6.31. The number of benzene rings is 1. The van der Waals surface area contributed by atoms with Gasteiger partial charge in [0.25, 0.3) is 5.91 Å². The molecule has 0 spiro atoms. The normalized spacial score (nSPS) is 10.2. The maximum Gasteiger partial charge on any atom is 0.253 e. The smallest absolute Gasteiger partial charge is 0.253 e. The Kier molecular flexibility index (Phi) is 5.58. The van der Waals surface area contributed by atoms with Crippen molar-refractivity contribution in [2.24, 2.45) is 0 Å². The number of nitrogens with zero attached hydrogens (tertiary/aromatic N) is 1. The Bertz CT molecular complexity index is 602. The van der Waals surface area contributed by atoms with E-state index in [-0.39, 0.29) is 5.91 Å². The number of hydrogen-bond acceptors (Lipinski definition) is 3. The Labute approximate surface area is 129 Å². The Morgan fingerprint density at radius 2 is 2.19 bits per heavy atom. The molecule has 2 N–H and O–H groups in total. The third kappa shape index (κ3) is 4.46. The summed E-state index contributed by atoms with van der Waals surface area (Å²) in [6, 6.07) is 9.04. The van der Waals surface area contributed by atoms with E-state index < -0.39 is 0 Å². The minimum Gasteiger partial charge on any atom is -0.384 e. The van der Waals surface area contributed by atoms with Gasteiger partial charge in [-0.2, -0.15) is 0 Å². The lowest BCUT2D eigenvalue weighted by molar-refractivity contribution is 0.0951. The summed E-state index contributed by atoms with van der Waals surface area (Å²) in [5, 5.41) is 6.66. The van der Waals surface area contributed by atoms with Gasteiger partial charge in [0.15, 0.2) is 0 Å². The van der Waals surface area contributed by atoms with Crippen molar-refractivity contribution in [3.05, 3.63) is 58.9 Å². The molecule has 0 atom stereocenters. The van der Waals surface area contributed by atoms with Gasteiger partial charge in [0.05, 0.1) is 5.56 Å². The van der Waals surface area contributed by atoms with E-state index in [0.29, 0.717) is 17.1 Å². The summed E-state index contributed by atoms with van der Waals surface area (Å²) in [4.78, 5) is 16.3. The predicted molar refractivity (Wildman–Crippen MR) is 85.6 cm³/mol. The summed E-state index contributed by atoms with van der Waals surface area (Å²) < 4.78 is 0. The van der Waals surface area contributed by atoms with Crippen LogP contribution in [-0.4, -0.2) is 17.4 Å². The lowest BCUT2D eigenvalue weighted by Crippen LogP contribution is -2.24. The molecule has 0 aliphatic carbocycles. The molecule has 5 heteroatoms. The lowest BCUT2D eigenvalue weighted by atomic mass is 10.1. The molecule has 1 heterocycles.